The van der Waals surface area contributed by atoms with E-state index in [4.69, 9.17) is 19.2 Å². The van der Waals surface area contributed by atoms with Crippen molar-refractivity contribution in [1.82, 2.24) is 0 Å². The molecule has 0 aliphatic carbocycles. The third-order valence-corrected chi connectivity index (χ3v) is 0. The van der Waals surface area contributed by atoms with Crippen molar-refractivity contribution in [3.63, 3.8) is 0 Å². The van der Waals surface area contributed by atoms with Gasteiger partial charge in [0.05, 0.1) is 0 Å². The van der Waals surface area contributed by atoms with E-state index in [-0.39, 0.29) is 99.2 Å². The maximum Gasteiger partial charge on any atom is 3.00 e. The van der Waals surface area contributed by atoms with Gasteiger partial charge in [-0.15, -0.1) is 0 Å². The standard InChI is InChI=1S/Ca.Mg.H3O4P.Y.4H/c;;1-5(2,3)4;;;;;/h;;(H3,1,2,3,4);;;;;/q2*+2;;+3;4*-1/p-3. The summed E-state index contributed by atoms with van der Waals surface area (Å²) in [5.74, 6) is 0. The number of rotatable bonds is 0. The van der Waals surface area contributed by atoms with Gasteiger partial charge in [0.1, 0.15) is 0 Å². The van der Waals surface area contributed by atoms with Crippen LogP contribution < -0.4 is 14.7 Å². The van der Waals surface area contributed by atoms with Crippen LogP contribution in [0, 0.1) is 0 Å². The van der Waals surface area contributed by atoms with E-state index in [1.54, 1.807) is 0 Å². The van der Waals surface area contributed by atoms with Crippen molar-refractivity contribution in [2.24, 2.45) is 0 Å². The predicted octanol–water partition coefficient (Wildman–Crippen LogP) is -3.14. The molecule has 40 valence electrons. The number of phosphoric acid groups is 1. The van der Waals surface area contributed by atoms with Crippen LogP contribution in [-0.2, 0) is 37.3 Å². The van der Waals surface area contributed by atoms with Gasteiger partial charge in [-0.1, -0.05) is 0 Å². The van der Waals surface area contributed by atoms with Crippen molar-refractivity contribution in [3.8, 4) is 0 Å². The molecule has 0 aromatic carbocycles. The summed E-state index contributed by atoms with van der Waals surface area (Å²) in [6, 6.07) is 0. The van der Waals surface area contributed by atoms with Gasteiger partial charge in [0.15, 0.2) is 0 Å². The van der Waals surface area contributed by atoms with Gasteiger partial charge < -0.3 is 25.0 Å². The number of hydrogen-bond acceptors (Lipinski definition) is 4. The molecule has 0 atom stereocenters. The van der Waals surface area contributed by atoms with Crippen LogP contribution in [0.15, 0.2) is 0 Å². The van der Waals surface area contributed by atoms with Crippen molar-refractivity contribution in [1.29, 1.82) is 0 Å². The molecule has 8 heteroatoms. The van der Waals surface area contributed by atoms with E-state index in [2.05, 4.69) is 0 Å². The van der Waals surface area contributed by atoms with Crippen LogP contribution in [0.4, 0.5) is 0 Å². The van der Waals surface area contributed by atoms with Gasteiger partial charge in [-0.3, -0.25) is 0 Å². The summed E-state index contributed by atoms with van der Waals surface area (Å²) in [4.78, 5) is 25.6. The van der Waals surface area contributed by atoms with Crippen LogP contribution in [-0.4, -0.2) is 60.8 Å². The molecule has 0 amide bonds. The molecule has 0 rings (SSSR count). The summed E-state index contributed by atoms with van der Waals surface area (Å²) >= 11 is 0. The minimum atomic E-state index is -5.39. The fraction of sp³-hybridized carbons (Fsp3) is 0. The van der Waals surface area contributed by atoms with Gasteiger partial charge in [-0.2, -0.15) is 7.82 Å². The first-order valence-corrected chi connectivity index (χ1v) is 2.19. The fourth-order valence-corrected chi connectivity index (χ4v) is 0. The molecular weight excluding hydrogens is 248 g/mol. The Hall–Kier alpha value is 3.24. The first-order chi connectivity index (χ1) is 2.00. The van der Waals surface area contributed by atoms with Gasteiger partial charge >= 0.3 is 93.5 Å². The van der Waals surface area contributed by atoms with Gasteiger partial charge in [-0.05, 0) is 0 Å². The Kier molecular flexibility index (Phi) is 28.8. The Bertz CT molecular complexity index is 73.2. The van der Waals surface area contributed by atoms with E-state index in [0.29, 0.717) is 0 Å². The molecule has 0 saturated carbocycles. The predicted molar refractivity (Wildman–Crippen MR) is 23.6 cm³/mol. The maximum absolute atomic E-state index is 8.55. The molecule has 4 nitrogen and oxygen atoms in total. The quantitative estimate of drug-likeness (QED) is 0.337. The van der Waals surface area contributed by atoms with E-state index in [9.17, 15) is 0 Å². The molecule has 0 radical (unpaired) electrons. The van der Waals surface area contributed by atoms with Gasteiger partial charge in [-0.25, -0.2) is 0 Å². The molecule has 0 saturated heterocycles. The SMILES string of the molecule is O=P([O-])([O-])[O-].[Ca+2].[H-].[H-].[H-].[H-].[Mg+2].[Y+3]. The third-order valence-electron chi connectivity index (χ3n) is 0. The first kappa shape index (κ1) is 22.5. The number of hydrogen-bond donors (Lipinski definition) is 0. The molecule has 0 fully saturated rings. The van der Waals surface area contributed by atoms with Crippen LogP contribution in [0.5, 0.6) is 0 Å². The maximum atomic E-state index is 8.55. The Balaban J connectivity index is -0.00000000381. The van der Waals surface area contributed by atoms with Crippen molar-refractivity contribution >= 4 is 68.6 Å². The van der Waals surface area contributed by atoms with E-state index in [0.717, 1.165) is 0 Å². The van der Waals surface area contributed by atoms with E-state index in [1.165, 1.54) is 0 Å². The average molecular weight is 252 g/mol. The van der Waals surface area contributed by atoms with Crippen molar-refractivity contribution in [2.75, 3.05) is 0 Å². The Morgan fingerprint density at radius 1 is 1.25 bits per heavy atom. The summed E-state index contributed by atoms with van der Waals surface area (Å²) in [5.41, 5.74) is 0. The average Bonchev–Trinajstić information content (AvgIpc) is 0.722. The van der Waals surface area contributed by atoms with Gasteiger partial charge in [0, 0.05) is 0 Å². The second-order valence-corrected chi connectivity index (χ2v) is 1.34. The summed E-state index contributed by atoms with van der Waals surface area (Å²) in [6.07, 6.45) is 0. The van der Waals surface area contributed by atoms with Crippen LogP contribution in [0.25, 0.3) is 0 Å². The zero-order valence-corrected chi connectivity index (χ0v) is 11.4. The fourth-order valence-electron chi connectivity index (χ4n) is 0. The molecular formula is H4CaMgO4PY. The molecule has 0 aliphatic rings. The van der Waals surface area contributed by atoms with Crippen LogP contribution >= 0.6 is 7.82 Å². The molecule has 0 aromatic rings. The minimum absolute atomic E-state index is 0. The van der Waals surface area contributed by atoms with Crippen molar-refractivity contribution in [3.05, 3.63) is 0 Å². The van der Waals surface area contributed by atoms with Crippen LogP contribution in [0.2, 0.25) is 0 Å². The smallest absolute Gasteiger partial charge is 1.00 e. The zero-order valence-electron chi connectivity index (χ0n) is 8.07. The molecule has 8 heavy (non-hydrogen) atoms. The van der Waals surface area contributed by atoms with E-state index >= 15 is 0 Å². The van der Waals surface area contributed by atoms with E-state index in [1.807, 2.05) is 0 Å². The van der Waals surface area contributed by atoms with E-state index < -0.39 is 7.82 Å². The molecule has 0 unspecified atom stereocenters. The monoisotopic (exact) mass is 252 g/mol. The second-order valence-electron chi connectivity index (χ2n) is 0.447. The summed E-state index contributed by atoms with van der Waals surface area (Å²) in [6.45, 7) is 0. The molecule has 0 N–H and O–H groups in total. The molecule has 0 heterocycles. The molecule has 0 aromatic heterocycles. The third kappa shape index (κ3) is 59.8. The topological polar surface area (TPSA) is 86.2 Å². The van der Waals surface area contributed by atoms with Crippen molar-refractivity contribution < 1.29 is 57.7 Å². The zero-order chi connectivity index (χ0) is 4.50. The second kappa shape index (κ2) is 10.2. The van der Waals surface area contributed by atoms with Crippen LogP contribution in [0.3, 0.4) is 0 Å². The molecule has 0 aliphatic heterocycles. The summed E-state index contributed by atoms with van der Waals surface area (Å²) < 4.78 is 8.55. The first-order valence-electron chi connectivity index (χ1n) is 0.730. The normalized spacial score (nSPS) is 7.38. The minimum Gasteiger partial charge on any atom is -1.00 e. The molecule has 0 bridgehead atoms. The summed E-state index contributed by atoms with van der Waals surface area (Å²) in [7, 11) is -5.39. The van der Waals surface area contributed by atoms with Gasteiger partial charge in [0.25, 0.3) is 0 Å². The van der Waals surface area contributed by atoms with Gasteiger partial charge in [0.2, 0.25) is 0 Å². The Morgan fingerprint density at radius 2 is 1.25 bits per heavy atom. The Labute approximate surface area is 124 Å². The molecule has 0 spiro atoms. The summed E-state index contributed by atoms with van der Waals surface area (Å²) in [5, 5.41) is 0. The largest absolute Gasteiger partial charge is 3.00 e. The Morgan fingerprint density at radius 3 is 1.25 bits per heavy atom. The van der Waals surface area contributed by atoms with Crippen molar-refractivity contribution in [2.45, 2.75) is 0 Å². The van der Waals surface area contributed by atoms with Crippen LogP contribution in [0.1, 0.15) is 5.71 Å².